The Kier molecular flexibility index (Phi) is 6.79. The molecule has 0 saturated carbocycles. The van der Waals surface area contributed by atoms with E-state index < -0.39 is 22.7 Å². The van der Waals surface area contributed by atoms with Gasteiger partial charge >= 0.3 is 6.18 Å². The van der Waals surface area contributed by atoms with Crippen LogP contribution in [-0.2, 0) is 17.6 Å². The van der Waals surface area contributed by atoms with Gasteiger partial charge in [-0.25, -0.2) is 0 Å². The van der Waals surface area contributed by atoms with Crippen LogP contribution in [-0.4, -0.2) is 5.91 Å². The fourth-order valence-electron chi connectivity index (χ4n) is 2.59. The maximum atomic E-state index is 12.9. The molecule has 1 amide bonds. The van der Waals surface area contributed by atoms with Crippen LogP contribution >= 0.6 is 11.6 Å². The summed E-state index contributed by atoms with van der Waals surface area (Å²) in [5.74, 6) is 0.121. The zero-order chi connectivity index (χ0) is 21.6. The van der Waals surface area contributed by atoms with E-state index in [0.717, 1.165) is 23.3 Å². The summed E-state index contributed by atoms with van der Waals surface area (Å²) in [6.07, 6.45) is -1.81. The van der Waals surface area contributed by atoms with Crippen molar-refractivity contribution in [3.63, 3.8) is 0 Å². The van der Waals surface area contributed by atoms with Crippen LogP contribution in [0.3, 0.4) is 0 Å². The smallest absolute Gasteiger partial charge is 0.417 e. The van der Waals surface area contributed by atoms with E-state index in [-0.39, 0.29) is 5.69 Å². The van der Waals surface area contributed by atoms with E-state index in [1.54, 1.807) is 30.3 Å². The van der Waals surface area contributed by atoms with Crippen molar-refractivity contribution in [3.8, 4) is 5.75 Å². The molecule has 0 atom stereocenters. The van der Waals surface area contributed by atoms with E-state index in [4.69, 9.17) is 16.3 Å². The molecule has 0 fully saturated rings. The molecule has 0 aliphatic carbocycles. The first-order valence-corrected chi connectivity index (χ1v) is 9.32. The molecule has 3 aromatic rings. The second-order valence-corrected chi connectivity index (χ2v) is 6.77. The summed E-state index contributed by atoms with van der Waals surface area (Å²) < 4.78 is 44.4. The van der Waals surface area contributed by atoms with Crippen molar-refractivity contribution in [2.45, 2.75) is 12.8 Å². The number of ether oxygens (including phenoxy) is 1. The van der Waals surface area contributed by atoms with Crippen molar-refractivity contribution < 1.29 is 22.7 Å². The Morgan fingerprint density at radius 2 is 1.70 bits per heavy atom. The molecule has 30 heavy (non-hydrogen) atoms. The molecule has 154 valence electrons. The molecule has 1 N–H and O–H groups in total. The third kappa shape index (κ3) is 6.12. The van der Waals surface area contributed by atoms with Gasteiger partial charge in [0, 0.05) is 11.8 Å². The highest BCUT2D eigenvalue weighted by Crippen LogP contribution is 2.36. The summed E-state index contributed by atoms with van der Waals surface area (Å²) in [7, 11) is 0. The summed E-state index contributed by atoms with van der Waals surface area (Å²) in [6, 6.07) is 20.0. The standard InChI is InChI=1S/C23H17ClF3NO2/c24-21-12-9-18(14-20(21)23(25,26)27)28-22(29)13-8-16-6-10-19(11-7-16)30-15-17-4-2-1-3-5-17/h1-14H,15H2,(H,28,29)/b13-8+. The summed E-state index contributed by atoms with van der Waals surface area (Å²) in [6.45, 7) is 0.444. The van der Waals surface area contributed by atoms with Crippen molar-refractivity contribution in [1.82, 2.24) is 0 Å². The number of alkyl halides is 3. The van der Waals surface area contributed by atoms with Crippen molar-refractivity contribution in [1.29, 1.82) is 0 Å². The lowest BCUT2D eigenvalue weighted by Crippen LogP contribution is -2.11. The number of hydrogen-bond donors (Lipinski definition) is 1. The fraction of sp³-hybridized carbons (Fsp3) is 0.0870. The molecule has 0 aliphatic rings. The van der Waals surface area contributed by atoms with Crippen LogP contribution in [0.1, 0.15) is 16.7 Å². The lowest BCUT2D eigenvalue weighted by molar-refractivity contribution is -0.137. The van der Waals surface area contributed by atoms with Gasteiger partial charge in [0.05, 0.1) is 10.6 Å². The topological polar surface area (TPSA) is 38.3 Å². The second kappa shape index (κ2) is 9.50. The van der Waals surface area contributed by atoms with Gasteiger partial charge in [-0.1, -0.05) is 54.1 Å². The molecule has 0 heterocycles. The summed E-state index contributed by atoms with van der Waals surface area (Å²) >= 11 is 5.57. The van der Waals surface area contributed by atoms with Crippen LogP contribution in [0, 0.1) is 0 Å². The first-order valence-electron chi connectivity index (χ1n) is 8.94. The number of amides is 1. The average molecular weight is 432 g/mol. The molecule has 0 radical (unpaired) electrons. The number of carbonyl (C=O) groups is 1. The minimum Gasteiger partial charge on any atom is -0.489 e. The Morgan fingerprint density at radius 3 is 2.37 bits per heavy atom. The first-order chi connectivity index (χ1) is 14.3. The van der Waals surface area contributed by atoms with Gasteiger partial charge < -0.3 is 10.1 Å². The second-order valence-electron chi connectivity index (χ2n) is 6.36. The number of carbonyl (C=O) groups excluding carboxylic acids is 1. The SMILES string of the molecule is O=C(/C=C/c1ccc(OCc2ccccc2)cc1)Nc1ccc(Cl)c(C(F)(F)F)c1. The van der Waals surface area contributed by atoms with Crippen LogP contribution in [0.4, 0.5) is 18.9 Å². The fourth-order valence-corrected chi connectivity index (χ4v) is 2.82. The summed E-state index contributed by atoms with van der Waals surface area (Å²) in [5, 5.41) is 1.97. The molecular formula is C23H17ClF3NO2. The van der Waals surface area contributed by atoms with Gasteiger partial charge in [-0.2, -0.15) is 13.2 Å². The van der Waals surface area contributed by atoms with E-state index in [2.05, 4.69) is 5.32 Å². The molecule has 3 rings (SSSR count). The van der Waals surface area contributed by atoms with Crippen molar-refractivity contribution in [2.75, 3.05) is 5.32 Å². The molecule has 0 saturated heterocycles. The molecule has 0 aromatic heterocycles. The predicted octanol–water partition coefficient (Wildman–Crippen LogP) is 6.59. The highest BCUT2D eigenvalue weighted by Gasteiger charge is 2.33. The average Bonchev–Trinajstić information content (AvgIpc) is 2.73. The van der Waals surface area contributed by atoms with E-state index in [1.165, 1.54) is 12.1 Å². The van der Waals surface area contributed by atoms with Gasteiger partial charge in [-0.3, -0.25) is 4.79 Å². The largest absolute Gasteiger partial charge is 0.489 e. The van der Waals surface area contributed by atoms with Crippen molar-refractivity contribution in [3.05, 3.63) is 101 Å². The minimum absolute atomic E-state index is 0.00559. The van der Waals surface area contributed by atoms with Crippen molar-refractivity contribution >= 4 is 29.3 Å². The lowest BCUT2D eigenvalue weighted by atomic mass is 10.2. The zero-order valence-electron chi connectivity index (χ0n) is 15.6. The Bertz CT molecular complexity index is 1030. The lowest BCUT2D eigenvalue weighted by Gasteiger charge is -2.11. The minimum atomic E-state index is -4.60. The number of rotatable bonds is 6. The van der Waals surface area contributed by atoms with Crippen molar-refractivity contribution in [2.24, 2.45) is 0 Å². The number of nitrogens with one attached hydrogen (secondary N) is 1. The van der Waals surface area contributed by atoms with Gasteiger partial charge in [0.25, 0.3) is 0 Å². The van der Waals surface area contributed by atoms with E-state index in [0.29, 0.717) is 12.4 Å². The predicted molar refractivity (Wildman–Crippen MR) is 111 cm³/mol. The number of benzene rings is 3. The maximum absolute atomic E-state index is 12.9. The van der Waals surface area contributed by atoms with Gasteiger partial charge in [-0.15, -0.1) is 0 Å². The number of halogens is 4. The Hall–Kier alpha value is -3.25. The first kappa shape index (κ1) is 21.5. The third-order valence-electron chi connectivity index (χ3n) is 4.09. The molecule has 7 heteroatoms. The zero-order valence-corrected chi connectivity index (χ0v) is 16.4. The monoisotopic (exact) mass is 431 g/mol. The Morgan fingerprint density at radius 1 is 1.00 bits per heavy atom. The summed E-state index contributed by atoms with van der Waals surface area (Å²) in [4.78, 5) is 12.0. The maximum Gasteiger partial charge on any atom is 0.417 e. The normalized spacial score (nSPS) is 11.5. The van der Waals surface area contributed by atoms with Crippen LogP contribution in [0.15, 0.2) is 78.9 Å². The van der Waals surface area contributed by atoms with E-state index in [9.17, 15) is 18.0 Å². The van der Waals surface area contributed by atoms with Crippen LogP contribution in [0.5, 0.6) is 5.75 Å². The molecule has 3 nitrogen and oxygen atoms in total. The quantitative estimate of drug-likeness (QED) is 0.447. The molecule has 0 spiro atoms. The van der Waals surface area contributed by atoms with Crippen LogP contribution in [0.2, 0.25) is 5.02 Å². The highest BCUT2D eigenvalue weighted by molar-refractivity contribution is 6.31. The number of hydrogen-bond acceptors (Lipinski definition) is 2. The molecule has 0 bridgehead atoms. The molecule has 0 unspecified atom stereocenters. The van der Waals surface area contributed by atoms with Gasteiger partial charge in [0.1, 0.15) is 12.4 Å². The third-order valence-corrected chi connectivity index (χ3v) is 4.42. The molecule has 0 aliphatic heterocycles. The summed E-state index contributed by atoms with van der Waals surface area (Å²) in [5.41, 5.74) is 0.793. The highest BCUT2D eigenvalue weighted by atomic mass is 35.5. The Labute approximate surface area is 176 Å². The van der Waals surface area contributed by atoms with Crippen LogP contribution < -0.4 is 10.1 Å². The van der Waals surface area contributed by atoms with E-state index in [1.807, 2.05) is 30.3 Å². The van der Waals surface area contributed by atoms with Gasteiger partial charge in [0.2, 0.25) is 5.91 Å². The van der Waals surface area contributed by atoms with Crippen LogP contribution in [0.25, 0.3) is 6.08 Å². The Balaban J connectivity index is 1.57. The van der Waals surface area contributed by atoms with E-state index >= 15 is 0 Å². The van der Waals surface area contributed by atoms with Gasteiger partial charge in [0.15, 0.2) is 0 Å². The number of anilines is 1. The molecular weight excluding hydrogens is 415 g/mol. The van der Waals surface area contributed by atoms with Gasteiger partial charge in [-0.05, 0) is 47.5 Å². The molecule has 3 aromatic carbocycles.